The van der Waals surface area contributed by atoms with Crippen molar-refractivity contribution in [3.8, 4) is 0 Å². The van der Waals surface area contributed by atoms with Crippen LogP contribution in [0, 0.1) is 6.92 Å². The smallest absolute Gasteiger partial charge is 0.255 e. The molecule has 0 amide bonds. The van der Waals surface area contributed by atoms with E-state index in [1.807, 2.05) is 11.9 Å². The van der Waals surface area contributed by atoms with Gasteiger partial charge in [-0.05, 0) is 25.5 Å². The van der Waals surface area contributed by atoms with Crippen molar-refractivity contribution in [2.75, 3.05) is 18.5 Å². The summed E-state index contributed by atoms with van der Waals surface area (Å²) in [6.45, 7) is 4.30. The number of aromatic amines is 1. The van der Waals surface area contributed by atoms with E-state index in [2.05, 4.69) is 46.5 Å². The normalized spacial score (nSPS) is 13.8. The van der Waals surface area contributed by atoms with Crippen LogP contribution in [0.25, 0.3) is 0 Å². The highest BCUT2D eigenvalue weighted by Crippen LogP contribution is 2.13. The van der Waals surface area contributed by atoms with Crippen LogP contribution < -0.4 is 15.8 Å². The first-order valence-corrected chi connectivity index (χ1v) is 7.23. The molecule has 0 fully saturated rings. The molecule has 110 valence electrons. The van der Waals surface area contributed by atoms with Crippen LogP contribution in [-0.4, -0.2) is 23.6 Å². The monoisotopic (exact) mass is 284 g/mol. The third-order valence-electron chi connectivity index (χ3n) is 3.83. The molecule has 21 heavy (non-hydrogen) atoms. The molecule has 1 aromatic carbocycles. The van der Waals surface area contributed by atoms with Crippen molar-refractivity contribution in [3.63, 3.8) is 0 Å². The molecule has 0 radical (unpaired) electrons. The van der Waals surface area contributed by atoms with Gasteiger partial charge in [0.2, 0.25) is 5.95 Å². The molecular weight excluding hydrogens is 264 g/mol. The minimum absolute atomic E-state index is 0.00717. The molecule has 5 nitrogen and oxygen atoms in total. The van der Waals surface area contributed by atoms with Gasteiger partial charge in [0.25, 0.3) is 5.56 Å². The van der Waals surface area contributed by atoms with Crippen molar-refractivity contribution in [2.24, 2.45) is 0 Å². The molecular formula is C16H20N4O. The molecule has 2 N–H and O–H groups in total. The Morgan fingerprint density at radius 2 is 2.05 bits per heavy atom. The third kappa shape index (κ3) is 2.97. The predicted octanol–water partition coefficient (Wildman–Crippen LogP) is 1.36. The lowest BCUT2D eigenvalue weighted by molar-refractivity contribution is 0.616. The summed E-state index contributed by atoms with van der Waals surface area (Å²) in [6.07, 6.45) is 0.750. The summed E-state index contributed by atoms with van der Waals surface area (Å²) in [7, 11) is 1.95. The predicted molar refractivity (Wildman–Crippen MR) is 83.6 cm³/mol. The molecule has 0 atom stereocenters. The lowest BCUT2D eigenvalue weighted by Gasteiger charge is -2.21. The SMILES string of the molecule is Cc1ccc(CN(C)c2nc3c(c(=O)[nH]2)CCNC3)cc1. The molecule has 5 heteroatoms. The number of aromatic nitrogens is 2. The minimum Gasteiger partial charge on any atom is -0.341 e. The molecule has 2 heterocycles. The first-order chi connectivity index (χ1) is 10.1. The van der Waals surface area contributed by atoms with E-state index in [0.29, 0.717) is 12.5 Å². The molecule has 0 saturated heterocycles. The quantitative estimate of drug-likeness (QED) is 0.893. The second kappa shape index (κ2) is 5.69. The Morgan fingerprint density at radius 3 is 2.81 bits per heavy atom. The summed E-state index contributed by atoms with van der Waals surface area (Å²) < 4.78 is 0. The van der Waals surface area contributed by atoms with Gasteiger partial charge in [0, 0.05) is 25.7 Å². The number of nitrogens with one attached hydrogen (secondary N) is 2. The van der Waals surface area contributed by atoms with Crippen molar-refractivity contribution >= 4 is 5.95 Å². The number of hydrogen-bond donors (Lipinski definition) is 2. The van der Waals surface area contributed by atoms with E-state index >= 15 is 0 Å². The molecule has 2 aromatic rings. The first kappa shape index (κ1) is 13.8. The summed E-state index contributed by atoms with van der Waals surface area (Å²) >= 11 is 0. The van der Waals surface area contributed by atoms with Crippen molar-refractivity contribution in [1.82, 2.24) is 15.3 Å². The Kier molecular flexibility index (Phi) is 3.75. The Morgan fingerprint density at radius 1 is 1.29 bits per heavy atom. The van der Waals surface area contributed by atoms with E-state index in [9.17, 15) is 4.79 Å². The maximum Gasteiger partial charge on any atom is 0.255 e. The van der Waals surface area contributed by atoms with E-state index in [-0.39, 0.29) is 5.56 Å². The van der Waals surface area contributed by atoms with E-state index < -0.39 is 0 Å². The van der Waals surface area contributed by atoms with Crippen molar-refractivity contribution in [1.29, 1.82) is 0 Å². The highest BCUT2D eigenvalue weighted by molar-refractivity contribution is 5.35. The Balaban J connectivity index is 1.84. The van der Waals surface area contributed by atoms with Crippen molar-refractivity contribution in [3.05, 3.63) is 57.0 Å². The Bertz CT molecular complexity index is 690. The largest absolute Gasteiger partial charge is 0.341 e. The third-order valence-corrected chi connectivity index (χ3v) is 3.83. The van der Waals surface area contributed by atoms with E-state index in [1.165, 1.54) is 11.1 Å². The van der Waals surface area contributed by atoms with Crippen molar-refractivity contribution < 1.29 is 0 Å². The molecule has 0 unspecified atom stereocenters. The maximum atomic E-state index is 12.1. The molecule has 1 aliphatic heterocycles. The standard InChI is InChI=1S/C16H20N4O/c1-11-3-5-12(6-4-11)10-20(2)16-18-14-9-17-8-7-13(14)15(21)19-16/h3-6,17H,7-10H2,1-2H3,(H,18,19,21). The van der Waals surface area contributed by atoms with Gasteiger partial charge in [-0.25, -0.2) is 4.98 Å². The number of fused-ring (bicyclic) bond motifs is 1. The van der Waals surface area contributed by atoms with Gasteiger partial charge in [-0.15, -0.1) is 0 Å². The fraction of sp³-hybridized carbons (Fsp3) is 0.375. The number of H-pyrrole nitrogens is 1. The van der Waals surface area contributed by atoms with E-state index in [0.717, 1.165) is 30.8 Å². The van der Waals surface area contributed by atoms with Crippen LogP contribution in [0.3, 0.4) is 0 Å². The molecule has 0 saturated carbocycles. The molecule has 1 aliphatic rings. The number of benzene rings is 1. The molecule has 1 aromatic heterocycles. The van der Waals surface area contributed by atoms with E-state index in [4.69, 9.17) is 0 Å². The highest BCUT2D eigenvalue weighted by Gasteiger charge is 2.16. The van der Waals surface area contributed by atoms with E-state index in [1.54, 1.807) is 0 Å². The van der Waals surface area contributed by atoms with Crippen molar-refractivity contribution in [2.45, 2.75) is 26.4 Å². The minimum atomic E-state index is -0.00717. The zero-order valence-electron chi connectivity index (χ0n) is 12.4. The molecule has 0 bridgehead atoms. The lowest BCUT2D eigenvalue weighted by atomic mass is 10.1. The molecule has 0 aliphatic carbocycles. The van der Waals surface area contributed by atoms with Crippen LogP contribution in [0.4, 0.5) is 5.95 Å². The summed E-state index contributed by atoms with van der Waals surface area (Å²) in [6, 6.07) is 8.39. The van der Waals surface area contributed by atoms with Gasteiger partial charge in [0.05, 0.1) is 5.69 Å². The fourth-order valence-corrected chi connectivity index (χ4v) is 2.58. The van der Waals surface area contributed by atoms with Crippen LogP contribution >= 0.6 is 0 Å². The zero-order valence-corrected chi connectivity index (χ0v) is 12.4. The first-order valence-electron chi connectivity index (χ1n) is 7.23. The number of anilines is 1. The summed E-state index contributed by atoms with van der Waals surface area (Å²) in [4.78, 5) is 21.6. The summed E-state index contributed by atoms with van der Waals surface area (Å²) in [5.74, 6) is 0.628. The number of rotatable bonds is 3. The Hall–Kier alpha value is -2.14. The maximum absolute atomic E-state index is 12.1. The number of hydrogen-bond acceptors (Lipinski definition) is 4. The van der Waals surface area contributed by atoms with Gasteiger partial charge in [0.1, 0.15) is 0 Å². The van der Waals surface area contributed by atoms with Gasteiger partial charge in [-0.1, -0.05) is 29.8 Å². The fourth-order valence-electron chi connectivity index (χ4n) is 2.58. The van der Waals surface area contributed by atoms with Crippen LogP contribution in [0.5, 0.6) is 0 Å². The topological polar surface area (TPSA) is 61.0 Å². The number of nitrogens with zero attached hydrogens (tertiary/aromatic N) is 2. The highest BCUT2D eigenvalue weighted by atomic mass is 16.1. The van der Waals surface area contributed by atoms with Crippen LogP contribution in [0.2, 0.25) is 0 Å². The van der Waals surface area contributed by atoms with Gasteiger partial charge in [0.15, 0.2) is 0 Å². The average Bonchev–Trinajstić information content (AvgIpc) is 2.49. The van der Waals surface area contributed by atoms with Crippen LogP contribution in [0.1, 0.15) is 22.4 Å². The van der Waals surface area contributed by atoms with Gasteiger partial charge in [-0.2, -0.15) is 0 Å². The average molecular weight is 284 g/mol. The van der Waals surface area contributed by atoms with Gasteiger partial charge in [-0.3, -0.25) is 9.78 Å². The summed E-state index contributed by atoms with van der Waals surface area (Å²) in [5, 5.41) is 3.26. The van der Waals surface area contributed by atoms with Crippen LogP contribution in [0.15, 0.2) is 29.1 Å². The lowest BCUT2D eigenvalue weighted by Crippen LogP contribution is -2.33. The number of aryl methyl sites for hydroxylation is 1. The molecule has 3 rings (SSSR count). The summed E-state index contributed by atoms with van der Waals surface area (Å²) in [5.41, 5.74) is 4.12. The second-order valence-electron chi connectivity index (χ2n) is 5.58. The van der Waals surface area contributed by atoms with Crippen LogP contribution in [-0.2, 0) is 19.5 Å². The second-order valence-corrected chi connectivity index (χ2v) is 5.58. The zero-order chi connectivity index (χ0) is 14.8. The van der Waals surface area contributed by atoms with Gasteiger partial charge < -0.3 is 10.2 Å². The Labute approximate surface area is 124 Å². The van der Waals surface area contributed by atoms with Gasteiger partial charge >= 0.3 is 0 Å². The molecule has 0 spiro atoms.